The maximum atomic E-state index is 12.8. The Balaban J connectivity index is 1.69. The number of hydrogen-bond donors (Lipinski definition) is 0. The molecule has 4 rings (SSSR count). The van der Waals surface area contributed by atoms with Crippen LogP contribution in [0, 0.1) is 0 Å². The molecule has 0 aliphatic carbocycles. The Kier molecular flexibility index (Phi) is 5.94. The smallest absolute Gasteiger partial charge is 0.414 e. The van der Waals surface area contributed by atoms with Crippen molar-refractivity contribution in [3.05, 3.63) is 60.7 Å². The molecule has 1 atom stereocenters. The van der Waals surface area contributed by atoms with Crippen LogP contribution in [-0.2, 0) is 16.1 Å². The number of benzene rings is 1. The second kappa shape index (κ2) is 8.82. The third kappa shape index (κ3) is 4.34. The van der Waals surface area contributed by atoms with E-state index in [0.29, 0.717) is 24.5 Å². The van der Waals surface area contributed by atoms with Crippen LogP contribution in [0.25, 0.3) is 11.1 Å². The van der Waals surface area contributed by atoms with Crippen molar-refractivity contribution >= 4 is 23.4 Å². The number of fused-ring (bicyclic) bond motifs is 1. The molecule has 0 bridgehead atoms. The molecule has 1 aliphatic heterocycles. The van der Waals surface area contributed by atoms with Crippen LogP contribution < -0.4 is 9.80 Å². The lowest BCUT2D eigenvalue weighted by atomic mass is 10.0. The molecule has 8 nitrogen and oxygen atoms in total. The summed E-state index contributed by atoms with van der Waals surface area (Å²) < 4.78 is 7.32. The minimum atomic E-state index is -0.416. The van der Waals surface area contributed by atoms with Gasteiger partial charge in [-0.1, -0.05) is 12.1 Å². The first-order valence-electron chi connectivity index (χ1n) is 10.7. The van der Waals surface area contributed by atoms with Gasteiger partial charge in [0, 0.05) is 37.6 Å². The van der Waals surface area contributed by atoms with Gasteiger partial charge in [0.2, 0.25) is 5.91 Å². The van der Waals surface area contributed by atoms with Gasteiger partial charge in [0.25, 0.3) is 0 Å². The van der Waals surface area contributed by atoms with E-state index in [0.717, 1.165) is 16.7 Å². The summed E-state index contributed by atoms with van der Waals surface area (Å²) >= 11 is 0. The highest BCUT2D eigenvalue weighted by Gasteiger charge is 2.34. The van der Waals surface area contributed by atoms with Gasteiger partial charge >= 0.3 is 6.09 Å². The van der Waals surface area contributed by atoms with Gasteiger partial charge in [-0.25, -0.2) is 4.79 Å². The zero-order chi connectivity index (χ0) is 22.8. The van der Waals surface area contributed by atoms with E-state index < -0.39 is 6.09 Å². The lowest BCUT2D eigenvalue weighted by Crippen LogP contribution is -2.51. The number of carbonyl (C=O) groups is 2. The van der Waals surface area contributed by atoms with Crippen molar-refractivity contribution < 1.29 is 14.3 Å². The molecule has 1 aromatic carbocycles. The summed E-state index contributed by atoms with van der Waals surface area (Å²) in [5.74, 6) is -0.0623. The van der Waals surface area contributed by atoms with E-state index in [9.17, 15) is 9.59 Å². The van der Waals surface area contributed by atoms with Crippen LogP contribution in [0.1, 0.15) is 33.3 Å². The van der Waals surface area contributed by atoms with Crippen molar-refractivity contribution in [2.45, 2.75) is 46.4 Å². The number of pyridine rings is 1. The van der Waals surface area contributed by atoms with Crippen LogP contribution in [-0.4, -0.2) is 45.5 Å². The van der Waals surface area contributed by atoms with Crippen LogP contribution in [0.5, 0.6) is 0 Å². The van der Waals surface area contributed by atoms with Crippen LogP contribution in [0.15, 0.2) is 55.1 Å². The lowest BCUT2D eigenvalue weighted by molar-refractivity contribution is -0.117. The fourth-order valence-electron chi connectivity index (χ4n) is 4.00. The van der Waals surface area contributed by atoms with Crippen molar-refractivity contribution in [1.29, 1.82) is 0 Å². The van der Waals surface area contributed by atoms with Crippen molar-refractivity contribution in [3.8, 4) is 11.1 Å². The number of aromatic nitrogens is 3. The van der Waals surface area contributed by atoms with Crippen molar-refractivity contribution in [2.75, 3.05) is 16.3 Å². The van der Waals surface area contributed by atoms with E-state index in [4.69, 9.17) is 4.74 Å². The number of carbonyl (C=O) groups excluding carboxylic acids is 2. The molecule has 0 radical (unpaired) electrons. The maximum Gasteiger partial charge on any atom is 0.414 e. The molecular weight excluding hydrogens is 406 g/mol. The van der Waals surface area contributed by atoms with Gasteiger partial charge in [-0.05, 0) is 50.1 Å². The summed E-state index contributed by atoms with van der Waals surface area (Å²) in [4.78, 5) is 32.6. The first kappa shape index (κ1) is 21.5. The molecule has 166 valence electrons. The summed E-state index contributed by atoms with van der Waals surface area (Å²) in [5, 5.41) is 4.47. The Morgan fingerprint density at radius 3 is 2.66 bits per heavy atom. The van der Waals surface area contributed by atoms with Crippen LogP contribution in [0.2, 0.25) is 0 Å². The first-order valence-corrected chi connectivity index (χ1v) is 10.7. The predicted octanol–water partition coefficient (Wildman–Crippen LogP) is 4.10. The highest BCUT2D eigenvalue weighted by molar-refractivity contribution is 6.03. The molecule has 3 heterocycles. The molecular formula is C24H27N5O3. The Hall–Kier alpha value is -3.68. The highest BCUT2D eigenvalue weighted by Crippen LogP contribution is 2.39. The zero-order valence-corrected chi connectivity index (χ0v) is 18.7. The normalized spacial score (nSPS) is 15.6. The quantitative estimate of drug-likeness (QED) is 0.619. The number of rotatable bonds is 4. The maximum absolute atomic E-state index is 12.8. The zero-order valence-electron chi connectivity index (χ0n) is 18.7. The Morgan fingerprint density at radius 1 is 1.16 bits per heavy atom. The highest BCUT2D eigenvalue weighted by atomic mass is 16.6. The Bertz CT molecular complexity index is 1130. The molecule has 0 saturated carbocycles. The van der Waals surface area contributed by atoms with Crippen LogP contribution in [0.4, 0.5) is 16.2 Å². The van der Waals surface area contributed by atoms with Gasteiger partial charge < -0.3 is 9.64 Å². The summed E-state index contributed by atoms with van der Waals surface area (Å²) in [6, 6.07) is 9.50. The van der Waals surface area contributed by atoms with E-state index in [1.54, 1.807) is 29.1 Å². The van der Waals surface area contributed by atoms with E-state index in [-0.39, 0.29) is 18.1 Å². The standard InChI is InChI=1S/C24H27N5O3/c1-16(2)32-24(31)28-13-17(3)29(18(4)30)22-8-7-20(10-23(22)28)21-12-26-27(15-21)14-19-6-5-9-25-11-19/h5-12,15-17H,13-14H2,1-4H3/t17-/m0/s1. The topological polar surface area (TPSA) is 80.6 Å². The van der Waals surface area contributed by atoms with E-state index in [1.165, 1.54) is 0 Å². The second-order valence-corrected chi connectivity index (χ2v) is 8.27. The van der Waals surface area contributed by atoms with Crippen molar-refractivity contribution in [3.63, 3.8) is 0 Å². The summed E-state index contributed by atoms with van der Waals surface area (Å²) in [7, 11) is 0. The van der Waals surface area contributed by atoms with E-state index in [1.807, 2.05) is 68.2 Å². The fourth-order valence-corrected chi connectivity index (χ4v) is 4.00. The molecule has 0 fully saturated rings. The number of nitrogens with zero attached hydrogens (tertiary/aromatic N) is 5. The van der Waals surface area contributed by atoms with Crippen molar-refractivity contribution in [1.82, 2.24) is 14.8 Å². The van der Waals surface area contributed by atoms with Gasteiger partial charge in [-0.3, -0.25) is 19.4 Å². The number of hydrogen-bond acceptors (Lipinski definition) is 5. The largest absolute Gasteiger partial charge is 0.446 e. The Labute approximate surface area is 187 Å². The van der Waals surface area contributed by atoms with Gasteiger partial charge in [-0.2, -0.15) is 5.10 Å². The predicted molar refractivity (Wildman–Crippen MR) is 123 cm³/mol. The van der Waals surface area contributed by atoms with Gasteiger partial charge in [0.1, 0.15) is 0 Å². The number of amides is 2. The molecule has 32 heavy (non-hydrogen) atoms. The van der Waals surface area contributed by atoms with E-state index in [2.05, 4.69) is 10.1 Å². The van der Waals surface area contributed by atoms with Crippen LogP contribution >= 0.6 is 0 Å². The SMILES string of the molecule is CC(=O)N1c2ccc(-c3cnn(Cc4cccnc4)c3)cc2N(C(=O)OC(C)C)C[C@@H]1C. The fraction of sp³-hybridized carbons (Fsp3) is 0.333. The molecule has 8 heteroatoms. The minimum absolute atomic E-state index is 0.0623. The molecule has 2 aromatic heterocycles. The molecule has 3 aromatic rings. The monoisotopic (exact) mass is 433 g/mol. The molecule has 2 amide bonds. The third-order valence-corrected chi connectivity index (χ3v) is 5.34. The molecule has 1 aliphatic rings. The van der Waals surface area contributed by atoms with Crippen LogP contribution in [0.3, 0.4) is 0 Å². The minimum Gasteiger partial charge on any atom is -0.446 e. The number of anilines is 2. The van der Waals surface area contributed by atoms with Gasteiger partial charge in [0.05, 0.1) is 36.3 Å². The van der Waals surface area contributed by atoms with Gasteiger partial charge in [-0.15, -0.1) is 0 Å². The number of ether oxygens (including phenoxy) is 1. The first-order chi connectivity index (χ1) is 15.3. The molecule has 0 spiro atoms. The second-order valence-electron chi connectivity index (χ2n) is 8.27. The third-order valence-electron chi connectivity index (χ3n) is 5.34. The molecule has 0 saturated heterocycles. The summed E-state index contributed by atoms with van der Waals surface area (Å²) in [6.07, 6.45) is 6.66. The molecule has 0 unspecified atom stereocenters. The average molecular weight is 434 g/mol. The summed E-state index contributed by atoms with van der Waals surface area (Å²) in [5.41, 5.74) is 4.23. The van der Waals surface area contributed by atoms with Gasteiger partial charge in [0.15, 0.2) is 0 Å². The Morgan fingerprint density at radius 2 is 1.97 bits per heavy atom. The average Bonchev–Trinajstić information content (AvgIpc) is 3.21. The van der Waals surface area contributed by atoms with E-state index >= 15 is 0 Å². The van der Waals surface area contributed by atoms with Crippen molar-refractivity contribution in [2.24, 2.45) is 0 Å². The summed E-state index contributed by atoms with van der Waals surface area (Å²) in [6.45, 7) is 8.08. The lowest BCUT2D eigenvalue weighted by Gasteiger charge is -2.40. The molecule has 0 N–H and O–H groups in total.